The lowest BCUT2D eigenvalue weighted by Gasteiger charge is -2.05. The average molecular weight is 251 g/mol. The average Bonchev–Trinajstić information content (AvgIpc) is 2.32. The summed E-state index contributed by atoms with van der Waals surface area (Å²) in [6.45, 7) is 0.453. The molecule has 0 aliphatic heterocycles. The van der Waals surface area contributed by atoms with Crippen molar-refractivity contribution in [1.29, 1.82) is 0 Å². The summed E-state index contributed by atoms with van der Waals surface area (Å²) in [5.41, 5.74) is -0.151. The molecule has 2 rings (SSSR count). The van der Waals surface area contributed by atoms with Crippen LogP contribution in [-0.2, 0) is 6.42 Å². The highest BCUT2D eigenvalue weighted by molar-refractivity contribution is 6.30. The van der Waals surface area contributed by atoms with Gasteiger partial charge in [-0.3, -0.25) is 4.79 Å². The SMILES string of the molecule is O=c1ccnc(CCOc2ccc(Cl)cc2)[nH]1. The van der Waals surface area contributed by atoms with E-state index >= 15 is 0 Å². The molecule has 88 valence electrons. The molecule has 5 heteroatoms. The topological polar surface area (TPSA) is 55.0 Å². The molecule has 0 spiro atoms. The minimum Gasteiger partial charge on any atom is -0.493 e. The molecule has 0 amide bonds. The van der Waals surface area contributed by atoms with Crippen LogP contribution in [-0.4, -0.2) is 16.6 Å². The minimum absolute atomic E-state index is 0.151. The fourth-order valence-electron chi connectivity index (χ4n) is 1.33. The Balaban J connectivity index is 1.87. The van der Waals surface area contributed by atoms with Crippen LogP contribution < -0.4 is 10.3 Å². The van der Waals surface area contributed by atoms with E-state index in [2.05, 4.69) is 9.97 Å². The van der Waals surface area contributed by atoms with Gasteiger partial charge in [-0.25, -0.2) is 4.98 Å². The van der Waals surface area contributed by atoms with Crippen LogP contribution in [0.3, 0.4) is 0 Å². The Morgan fingerprint density at radius 3 is 2.71 bits per heavy atom. The molecule has 0 aliphatic carbocycles. The maximum atomic E-state index is 11.0. The molecule has 0 saturated heterocycles. The Morgan fingerprint density at radius 2 is 2.00 bits per heavy atom. The summed E-state index contributed by atoms with van der Waals surface area (Å²) in [5, 5.41) is 0.673. The number of aromatic amines is 1. The largest absolute Gasteiger partial charge is 0.493 e. The minimum atomic E-state index is -0.151. The molecule has 0 saturated carbocycles. The van der Waals surface area contributed by atoms with Crippen LogP contribution in [0.5, 0.6) is 5.75 Å². The van der Waals surface area contributed by atoms with Crippen molar-refractivity contribution in [2.75, 3.05) is 6.61 Å². The van der Waals surface area contributed by atoms with Crippen molar-refractivity contribution >= 4 is 11.6 Å². The number of nitrogens with one attached hydrogen (secondary N) is 1. The number of aromatic nitrogens is 2. The Kier molecular flexibility index (Phi) is 3.77. The molecule has 2 aromatic rings. The Bertz CT molecular complexity index is 537. The van der Waals surface area contributed by atoms with E-state index in [0.717, 1.165) is 5.75 Å². The van der Waals surface area contributed by atoms with Gasteiger partial charge in [-0.1, -0.05) is 11.6 Å². The molecule has 1 aromatic carbocycles. The van der Waals surface area contributed by atoms with E-state index < -0.39 is 0 Å². The van der Waals surface area contributed by atoms with Crippen molar-refractivity contribution in [2.45, 2.75) is 6.42 Å². The van der Waals surface area contributed by atoms with E-state index in [9.17, 15) is 4.79 Å². The van der Waals surface area contributed by atoms with Gasteiger partial charge in [-0.2, -0.15) is 0 Å². The molecule has 0 atom stereocenters. The van der Waals surface area contributed by atoms with Crippen molar-refractivity contribution in [3.05, 3.63) is 57.7 Å². The second-order valence-electron chi connectivity index (χ2n) is 3.43. The summed E-state index contributed by atoms with van der Waals surface area (Å²) in [6.07, 6.45) is 2.04. The molecule has 1 aromatic heterocycles. The van der Waals surface area contributed by atoms with E-state index in [1.807, 2.05) is 0 Å². The third-order valence-corrected chi connectivity index (χ3v) is 2.40. The molecule has 4 nitrogen and oxygen atoms in total. The van der Waals surface area contributed by atoms with Gasteiger partial charge in [0.15, 0.2) is 0 Å². The van der Waals surface area contributed by atoms with Crippen LogP contribution in [0.15, 0.2) is 41.3 Å². The third kappa shape index (κ3) is 3.60. The number of benzene rings is 1. The first-order chi connectivity index (χ1) is 8.24. The number of rotatable bonds is 4. The summed E-state index contributed by atoms with van der Waals surface area (Å²) in [5.74, 6) is 1.36. The smallest absolute Gasteiger partial charge is 0.250 e. The van der Waals surface area contributed by atoms with E-state index in [-0.39, 0.29) is 5.56 Å². The van der Waals surface area contributed by atoms with Gasteiger partial charge in [0.05, 0.1) is 6.61 Å². The van der Waals surface area contributed by atoms with Gasteiger partial charge < -0.3 is 9.72 Å². The number of hydrogen-bond donors (Lipinski definition) is 1. The summed E-state index contributed by atoms with van der Waals surface area (Å²) in [7, 11) is 0. The van der Waals surface area contributed by atoms with Crippen LogP contribution >= 0.6 is 11.6 Å². The predicted molar refractivity (Wildman–Crippen MR) is 65.5 cm³/mol. The molecule has 0 aliphatic rings. The van der Waals surface area contributed by atoms with E-state index in [0.29, 0.717) is 23.9 Å². The fourth-order valence-corrected chi connectivity index (χ4v) is 1.46. The highest BCUT2D eigenvalue weighted by Crippen LogP contribution is 2.15. The van der Waals surface area contributed by atoms with Crippen molar-refractivity contribution in [2.24, 2.45) is 0 Å². The summed E-state index contributed by atoms with van der Waals surface area (Å²) < 4.78 is 5.48. The molecule has 17 heavy (non-hydrogen) atoms. The monoisotopic (exact) mass is 250 g/mol. The Morgan fingerprint density at radius 1 is 1.24 bits per heavy atom. The van der Waals surface area contributed by atoms with E-state index in [1.165, 1.54) is 12.3 Å². The number of ether oxygens (including phenoxy) is 1. The van der Waals surface area contributed by atoms with Crippen molar-refractivity contribution in [3.63, 3.8) is 0 Å². The summed E-state index contributed by atoms with van der Waals surface area (Å²) in [6, 6.07) is 8.50. The highest BCUT2D eigenvalue weighted by atomic mass is 35.5. The number of halogens is 1. The molecule has 0 fully saturated rings. The van der Waals surface area contributed by atoms with Crippen LogP contribution in [0.1, 0.15) is 5.82 Å². The third-order valence-electron chi connectivity index (χ3n) is 2.15. The van der Waals surface area contributed by atoms with Crippen LogP contribution in [0.4, 0.5) is 0 Å². The number of H-pyrrole nitrogens is 1. The lowest BCUT2D eigenvalue weighted by Crippen LogP contribution is -2.12. The number of hydrogen-bond acceptors (Lipinski definition) is 3. The van der Waals surface area contributed by atoms with Gasteiger partial charge in [0, 0.05) is 23.7 Å². The normalized spacial score (nSPS) is 10.2. The zero-order valence-corrected chi connectivity index (χ0v) is 9.78. The van der Waals surface area contributed by atoms with Gasteiger partial charge in [0.1, 0.15) is 11.6 Å². The first kappa shape index (κ1) is 11.7. The van der Waals surface area contributed by atoms with Gasteiger partial charge >= 0.3 is 0 Å². The first-order valence-corrected chi connectivity index (χ1v) is 5.54. The first-order valence-electron chi connectivity index (χ1n) is 5.16. The van der Waals surface area contributed by atoms with Gasteiger partial charge in [0.25, 0.3) is 5.56 Å². The van der Waals surface area contributed by atoms with Crippen LogP contribution in [0.2, 0.25) is 5.02 Å². The van der Waals surface area contributed by atoms with Crippen molar-refractivity contribution in [1.82, 2.24) is 9.97 Å². The lowest BCUT2D eigenvalue weighted by atomic mass is 10.3. The number of nitrogens with zero attached hydrogens (tertiary/aromatic N) is 1. The molecular weight excluding hydrogens is 240 g/mol. The van der Waals surface area contributed by atoms with Gasteiger partial charge in [-0.15, -0.1) is 0 Å². The lowest BCUT2D eigenvalue weighted by molar-refractivity contribution is 0.318. The van der Waals surface area contributed by atoms with Crippen molar-refractivity contribution in [3.8, 4) is 5.75 Å². The van der Waals surface area contributed by atoms with E-state index in [4.69, 9.17) is 16.3 Å². The second kappa shape index (κ2) is 5.50. The summed E-state index contributed by atoms with van der Waals surface area (Å²) >= 11 is 5.75. The standard InChI is InChI=1S/C12H11ClN2O2/c13-9-1-3-10(4-2-9)17-8-6-11-14-7-5-12(16)15-11/h1-5,7H,6,8H2,(H,14,15,16). The molecule has 0 unspecified atom stereocenters. The molecular formula is C12H11ClN2O2. The van der Waals surface area contributed by atoms with Gasteiger partial charge in [0.2, 0.25) is 0 Å². The second-order valence-corrected chi connectivity index (χ2v) is 3.87. The fraction of sp³-hybridized carbons (Fsp3) is 0.167. The predicted octanol–water partition coefficient (Wildman–Crippen LogP) is 2.04. The van der Waals surface area contributed by atoms with Crippen LogP contribution in [0, 0.1) is 0 Å². The quantitative estimate of drug-likeness (QED) is 0.904. The van der Waals surface area contributed by atoms with Gasteiger partial charge in [-0.05, 0) is 24.3 Å². The maximum Gasteiger partial charge on any atom is 0.250 e. The maximum absolute atomic E-state index is 11.0. The summed E-state index contributed by atoms with van der Waals surface area (Å²) in [4.78, 5) is 17.7. The zero-order valence-electron chi connectivity index (χ0n) is 9.02. The highest BCUT2D eigenvalue weighted by Gasteiger charge is 1.97. The molecule has 1 heterocycles. The zero-order chi connectivity index (χ0) is 12.1. The molecule has 1 N–H and O–H groups in total. The molecule has 0 bridgehead atoms. The van der Waals surface area contributed by atoms with E-state index in [1.54, 1.807) is 24.3 Å². The Labute approximate surface area is 103 Å². The van der Waals surface area contributed by atoms with Crippen molar-refractivity contribution < 1.29 is 4.74 Å². The van der Waals surface area contributed by atoms with Crippen LogP contribution in [0.25, 0.3) is 0 Å². The Hall–Kier alpha value is -1.81. The molecule has 0 radical (unpaired) electrons.